The molecule has 2 aromatic heterocycles. The lowest BCUT2D eigenvalue weighted by Gasteiger charge is -2.08. The minimum Gasteiger partial charge on any atom is -0.348 e. The van der Waals surface area contributed by atoms with Crippen LogP contribution in [0.3, 0.4) is 0 Å². The van der Waals surface area contributed by atoms with Crippen LogP contribution in [-0.4, -0.2) is 21.8 Å². The van der Waals surface area contributed by atoms with Crippen molar-refractivity contribution >= 4 is 11.8 Å². The lowest BCUT2D eigenvalue weighted by Crippen LogP contribution is -2.26. The molecular weight excluding hydrogens is 347 g/mol. The Kier molecular flexibility index (Phi) is 5.84. The molecule has 7 heteroatoms. The first-order chi connectivity index (χ1) is 13.1. The van der Waals surface area contributed by atoms with Gasteiger partial charge in [-0.2, -0.15) is 0 Å². The molecule has 2 heterocycles. The molecule has 0 aliphatic heterocycles. The summed E-state index contributed by atoms with van der Waals surface area (Å²) in [5, 5.41) is 5.47. The van der Waals surface area contributed by atoms with Gasteiger partial charge < -0.3 is 10.6 Å². The summed E-state index contributed by atoms with van der Waals surface area (Å²) in [7, 11) is 0. The molecule has 6 nitrogen and oxygen atoms in total. The first-order valence-corrected chi connectivity index (χ1v) is 8.27. The highest BCUT2D eigenvalue weighted by atomic mass is 19.1. The minimum absolute atomic E-state index is 0.147. The quantitative estimate of drug-likeness (QED) is 0.704. The number of carbonyl (C=O) groups is 2. The van der Waals surface area contributed by atoms with Crippen LogP contribution in [0, 0.1) is 5.82 Å². The van der Waals surface area contributed by atoms with Crippen LogP contribution in [0.5, 0.6) is 0 Å². The van der Waals surface area contributed by atoms with Crippen LogP contribution in [0.1, 0.15) is 32.0 Å². The lowest BCUT2D eigenvalue weighted by atomic mass is 10.2. The van der Waals surface area contributed by atoms with Crippen molar-refractivity contribution in [3.63, 3.8) is 0 Å². The van der Waals surface area contributed by atoms with E-state index in [0.29, 0.717) is 12.1 Å². The lowest BCUT2D eigenvalue weighted by molar-refractivity contribution is 0.0946. The van der Waals surface area contributed by atoms with Crippen molar-refractivity contribution in [3.8, 4) is 0 Å². The number of benzene rings is 1. The molecule has 0 aliphatic rings. The maximum absolute atomic E-state index is 12.9. The highest BCUT2D eigenvalue weighted by molar-refractivity contribution is 5.98. The average Bonchev–Trinajstić information content (AvgIpc) is 2.72. The number of hydrogen-bond donors (Lipinski definition) is 2. The third-order valence-electron chi connectivity index (χ3n) is 3.80. The molecule has 3 aromatic rings. The zero-order chi connectivity index (χ0) is 19.1. The Balaban J connectivity index is 1.59. The maximum atomic E-state index is 12.9. The van der Waals surface area contributed by atoms with Gasteiger partial charge in [0, 0.05) is 37.2 Å². The summed E-state index contributed by atoms with van der Waals surface area (Å²) >= 11 is 0. The van der Waals surface area contributed by atoms with Crippen LogP contribution in [0.4, 0.5) is 4.39 Å². The fourth-order valence-corrected chi connectivity index (χ4v) is 2.36. The Hall–Kier alpha value is -3.61. The smallest absolute Gasteiger partial charge is 0.270 e. The molecule has 2 N–H and O–H groups in total. The molecule has 0 fully saturated rings. The summed E-state index contributed by atoms with van der Waals surface area (Å²) in [5.74, 6) is -1.06. The van der Waals surface area contributed by atoms with Crippen LogP contribution in [-0.2, 0) is 13.1 Å². The summed E-state index contributed by atoms with van der Waals surface area (Å²) in [5.41, 5.74) is 2.10. The van der Waals surface area contributed by atoms with Crippen LogP contribution in [0.25, 0.3) is 0 Å². The molecule has 1 aromatic carbocycles. The molecular formula is C20H17FN4O2. The van der Waals surface area contributed by atoms with E-state index in [4.69, 9.17) is 0 Å². The molecule has 2 amide bonds. The standard InChI is InChI=1S/C20H17FN4O2/c21-17-5-3-14(4-6-17)12-24-19(26)16-7-9-23-18(10-16)20(27)25-13-15-2-1-8-22-11-15/h1-11H,12-13H2,(H,24,26)(H,25,27). The van der Waals surface area contributed by atoms with Gasteiger partial charge in [0.25, 0.3) is 11.8 Å². The van der Waals surface area contributed by atoms with E-state index in [2.05, 4.69) is 20.6 Å². The number of pyridine rings is 2. The van der Waals surface area contributed by atoms with E-state index in [1.165, 1.54) is 30.5 Å². The molecule has 3 rings (SSSR count). The zero-order valence-electron chi connectivity index (χ0n) is 14.4. The van der Waals surface area contributed by atoms with Gasteiger partial charge in [-0.25, -0.2) is 4.39 Å². The first-order valence-electron chi connectivity index (χ1n) is 8.27. The van der Waals surface area contributed by atoms with Crippen molar-refractivity contribution in [1.29, 1.82) is 0 Å². The number of carbonyl (C=O) groups excluding carboxylic acids is 2. The van der Waals surface area contributed by atoms with Crippen molar-refractivity contribution < 1.29 is 14.0 Å². The molecule has 0 radical (unpaired) electrons. The highest BCUT2D eigenvalue weighted by Gasteiger charge is 2.12. The molecule has 0 spiro atoms. The summed E-state index contributed by atoms with van der Waals surface area (Å²) in [6, 6.07) is 12.4. The van der Waals surface area contributed by atoms with Crippen LogP contribution in [0.2, 0.25) is 0 Å². The highest BCUT2D eigenvalue weighted by Crippen LogP contribution is 2.06. The number of aromatic nitrogens is 2. The van der Waals surface area contributed by atoms with Gasteiger partial charge in [-0.3, -0.25) is 19.6 Å². The Morgan fingerprint density at radius 3 is 2.37 bits per heavy atom. The van der Waals surface area contributed by atoms with Crippen LogP contribution < -0.4 is 10.6 Å². The van der Waals surface area contributed by atoms with E-state index in [0.717, 1.165) is 11.1 Å². The Labute approximate surface area is 155 Å². The van der Waals surface area contributed by atoms with Gasteiger partial charge in [0.15, 0.2) is 0 Å². The van der Waals surface area contributed by atoms with Gasteiger partial charge >= 0.3 is 0 Å². The molecule has 27 heavy (non-hydrogen) atoms. The van der Waals surface area contributed by atoms with Crippen molar-refractivity contribution in [1.82, 2.24) is 20.6 Å². The summed E-state index contributed by atoms with van der Waals surface area (Å²) < 4.78 is 12.9. The third kappa shape index (κ3) is 5.18. The monoisotopic (exact) mass is 364 g/mol. The van der Waals surface area contributed by atoms with Crippen molar-refractivity contribution in [2.75, 3.05) is 0 Å². The second-order valence-corrected chi connectivity index (χ2v) is 5.78. The second-order valence-electron chi connectivity index (χ2n) is 5.78. The first kappa shape index (κ1) is 18.2. The van der Waals surface area contributed by atoms with Crippen molar-refractivity contribution in [3.05, 3.63) is 95.3 Å². The van der Waals surface area contributed by atoms with Gasteiger partial charge in [0.1, 0.15) is 11.5 Å². The fraction of sp³-hybridized carbons (Fsp3) is 0.100. The SMILES string of the molecule is O=C(NCc1ccc(F)cc1)c1ccnc(C(=O)NCc2cccnc2)c1. The maximum Gasteiger partial charge on any atom is 0.270 e. The van der Waals surface area contributed by atoms with E-state index in [9.17, 15) is 14.0 Å². The topological polar surface area (TPSA) is 84.0 Å². The summed E-state index contributed by atoms with van der Waals surface area (Å²) in [6.07, 6.45) is 4.72. The number of nitrogens with one attached hydrogen (secondary N) is 2. The fourth-order valence-electron chi connectivity index (χ4n) is 2.36. The number of nitrogens with zero attached hydrogens (tertiary/aromatic N) is 2. The predicted molar refractivity (Wildman–Crippen MR) is 97.2 cm³/mol. The van der Waals surface area contributed by atoms with E-state index < -0.39 is 0 Å². The van der Waals surface area contributed by atoms with Gasteiger partial charge in [-0.05, 0) is 41.5 Å². The predicted octanol–water partition coefficient (Wildman–Crippen LogP) is 2.48. The van der Waals surface area contributed by atoms with Crippen LogP contribution >= 0.6 is 0 Å². The summed E-state index contributed by atoms with van der Waals surface area (Å²) in [4.78, 5) is 32.5. The van der Waals surface area contributed by atoms with Crippen molar-refractivity contribution in [2.24, 2.45) is 0 Å². The normalized spacial score (nSPS) is 10.3. The van der Waals surface area contributed by atoms with E-state index >= 15 is 0 Å². The van der Waals surface area contributed by atoms with E-state index in [-0.39, 0.29) is 29.9 Å². The van der Waals surface area contributed by atoms with Gasteiger partial charge in [0.05, 0.1) is 0 Å². The Bertz CT molecular complexity index is 930. The Morgan fingerprint density at radius 1 is 0.889 bits per heavy atom. The van der Waals surface area contributed by atoms with E-state index in [1.54, 1.807) is 30.6 Å². The molecule has 0 aliphatic carbocycles. The minimum atomic E-state index is -0.382. The van der Waals surface area contributed by atoms with Crippen LogP contribution in [0.15, 0.2) is 67.1 Å². The second kappa shape index (κ2) is 8.66. The largest absolute Gasteiger partial charge is 0.348 e. The molecule has 0 bridgehead atoms. The molecule has 0 unspecified atom stereocenters. The van der Waals surface area contributed by atoms with Gasteiger partial charge in [0.2, 0.25) is 0 Å². The number of amides is 2. The molecule has 136 valence electrons. The summed E-state index contributed by atoms with van der Waals surface area (Å²) in [6.45, 7) is 0.569. The molecule has 0 saturated carbocycles. The molecule has 0 atom stereocenters. The third-order valence-corrected chi connectivity index (χ3v) is 3.80. The molecule has 0 saturated heterocycles. The van der Waals surface area contributed by atoms with Gasteiger partial charge in [-0.15, -0.1) is 0 Å². The zero-order valence-corrected chi connectivity index (χ0v) is 14.4. The number of halogens is 1. The average molecular weight is 364 g/mol. The van der Waals surface area contributed by atoms with Gasteiger partial charge in [-0.1, -0.05) is 18.2 Å². The number of rotatable bonds is 6. The van der Waals surface area contributed by atoms with E-state index in [1.807, 2.05) is 6.07 Å². The van der Waals surface area contributed by atoms with Crippen molar-refractivity contribution in [2.45, 2.75) is 13.1 Å². The Morgan fingerprint density at radius 2 is 1.63 bits per heavy atom. The number of hydrogen-bond acceptors (Lipinski definition) is 4.